The van der Waals surface area contributed by atoms with Crippen LogP contribution in [0.4, 0.5) is 0 Å². The quantitative estimate of drug-likeness (QED) is 0.616. The maximum Gasteiger partial charge on any atom is 0.341 e. The molecule has 0 saturated heterocycles. The zero-order valence-corrected chi connectivity index (χ0v) is 10.7. The Balaban J connectivity index is 2.38. The van der Waals surface area contributed by atoms with E-state index in [1.54, 1.807) is 25.3 Å². The maximum atomic E-state index is 11.5. The van der Waals surface area contributed by atoms with Crippen molar-refractivity contribution in [1.29, 1.82) is 0 Å². The van der Waals surface area contributed by atoms with Gasteiger partial charge in [-0.15, -0.1) is 0 Å². The van der Waals surface area contributed by atoms with Crippen molar-refractivity contribution < 1.29 is 14.3 Å². The lowest BCUT2D eigenvalue weighted by Crippen LogP contribution is -2.07. The van der Waals surface area contributed by atoms with Crippen molar-refractivity contribution in [2.75, 3.05) is 6.61 Å². The van der Waals surface area contributed by atoms with E-state index >= 15 is 0 Å². The van der Waals surface area contributed by atoms with Crippen molar-refractivity contribution in [2.45, 2.75) is 13.8 Å². The number of ether oxygens (including phenoxy) is 1. The molecule has 2 rings (SSSR count). The topological polar surface area (TPSA) is 74.1 Å². The normalized spacial score (nSPS) is 10.2. The molecule has 0 spiro atoms. The summed E-state index contributed by atoms with van der Waals surface area (Å²) in [5.74, 6) is -0.170. The third-order valence-corrected chi connectivity index (χ3v) is 2.48. The lowest BCUT2D eigenvalue weighted by molar-refractivity contribution is 0.0526. The van der Waals surface area contributed by atoms with Gasteiger partial charge in [0.25, 0.3) is 0 Å². The molecular formula is C13H13N3O3. The number of Topliss-reactive ketones (excluding diaryl/α,β-unsaturated/α-hetero) is 1. The maximum absolute atomic E-state index is 11.5. The molecule has 0 aliphatic rings. The molecule has 2 aromatic rings. The molecule has 2 heterocycles. The van der Waals surface area contributed by atoms with E-state index in [4.69, 9.17) is 4.74 Å². The van der Waals surface area contributed by atoms with Crippen molar-refractivity contribution in [2.24, 2.45) is 0 Å². The van der Waals surface area contributed by atoms with E-state index in [1.807, 2.05) is 0 Å². The lowest BCUT2D eigenvalue weighted by atomic mass is 10.2. The van der Waals surface area contributed by atoms with Gasteiger partial charge in [-0.05, 0) is 26.0 Å². The molecule has 0 saturated carbocycles. The highest BCUT2D eigenvalue weighted by molar-refractivity contribution is 5.97. The van der Waals surface area contributed by atoms with E-state index in [0.29, 0.717) is 23.6 Å². The fourth-order valence-electron chi connectivity index (χ4n) is 1.61. The minimum absolute atomic E-state index is 0.115. The molecule has 0 aromatic carbocycles. The number of rotatable bonds is 4. The van der Waals surface area contributed by atoms with Gasteiger partial charge in [0, 0.05) is 12.4 Å². The highest BCUT2D eigenvalue weighted by Crippen LogP contribution is 2.12. The number of nitrogens with zero attached hydrogens (tertiary/aromatic N) is 3. The standard InChI is InChI=1S/C13H13N3O3/c1-3-19-13(18)10-7-15-16(8-10)12-11(9(2)17)5-4-6-14-12/h4-8H,3H2,1-2H3. The van der Waals surface area contributed by atoms with Crippen LogP contribution < -0.4 is 0 Å². The van der Waals surface area contributed by atoms with Gasteiger partial charge in [0.05, 0.1) is 23.9 Å². The molecule has 6 nitrogen and oxygen atoms in total. The van der Waals surface area contributed by atoms with Crippen molar-refractivity contribution in [1.82, 2.24) is 14.8 Å². The van der Waals surface area contributed by atoms with E-state index in [0.717, 1.165) is 0 Å². The predicted octanol–water partition coefficient (Wildman–Crippen LogP) is 1.65. The first kappa shape index (κ1) is 12.9. The van der Waals surface area contributed by atoms with Crippen molar-refractivity contribution in [3.63, 3.8) is 0 Å². The molecule has 0 unspecified atom stereocenters. The predicted molar refractivity (Wildman–Crippen MR) is 67.3 cm³/mol. The van der Waals surface area contributed by atoms with Gasteiger partial charge in [-0.2, -0.15) is 5.10 Å². The Morgan fingerprint density at radius 2 is 2.21 bits per heavy atom. The molecule has 19 heavy (non-hydrogen) atoms. The molecule has 0 aliphatic carbocycles. The number of hydrogen-bond donors (Lipinski definition) is 0. The fraction of sp³-hybridized carbons (Fsp3) is 0.231. The molecule has 0 N–H and O–H groups in total. The molecule has 0 bridgehead atoms. The average Bonchev–Trinajstić information content (AvgIpc) is 2.88. The second-order valence-electron chi connectivity index (χ2n) is 3.82. The Morgan fingerprint density at radius 1 is 1.42 bits per heavy atom. The van der Waals surface area contributed by atoms with Crippen molar-refractivity contribution in [3.8, 4) is 5.82 Å². The van der Waals surface area contributed by atoms with Crippen LogP contribution in [0, 0.1) is 0 Å². The number of ketones is 1. The molecule has 2 aromatic heterocycles. The summed E-state index contributed by atoms with van der Waals surface area (Å²) in [5, 5.41) is 4.03. The molecule has 0 amide bonds. The van der Waals surface area contributed by atoms with Gasteiger partial charge >= 0.3 is 5.97 Å². The van der Waals surface area contributed by atoms with Crippen LogP contribution in [0.15, 0.2) is 30.7 Å². The molecule has 0 aliphatic heterocycles. The SMILES string of the molecule is CCOC(=O)c1cnn(-c2ncccc2C(C)=O)c1. The van der Waals surface area contributed by atoms with E-state index in [1.165, 1.54) is 24.0 Å². The zero-order valence-electron chi connectivity index (χ0n) is 10.7. The lowest BCUT2D eigenvalue weighted by Gasteiger charge is -2.04. The zero-order chi connectivity index (χ0) is 13.8. The van der Waals surface area contributed by atoms with Crippen LogP contribution in [0.25, 0.3) is 5.82 Å². The number of pyridine rings is 1. The number of aromatic nitrogens is 3. The van der Waals surface area contributed by atoms with E-state index in [2.05, 4.69) is 10.1 Å². The summed E-state index contributed by atoms with van der Waals surface area (Å²) in [7, 11) is 0. The second kappa shape index (κ2) is 5.43. The molecule has 98 valence electrons. The highest BCUT2D eigenvalue weighted by atomic mass is 16.5. The van der Waals surface area contributed by atoms with Gasteiger partial charge < -0.3 is 4.74 Å². The Bertz CT molecular complexity index is 619. The molecule has 0 fully saturated rings. The minimum atomic E-state index is -0.450. The van der Waals surface area contributed by atoms with Gasteiger partial charge in [0.15, 0.2) is 11.6 Å². The second-order valence-corrected chi connectivity index (χ2v) is 3.82. The Morgan fingerprint density at radius 3 is 2.89 bits per heavy atom. The first-order valence-electron chi connectivity index (χ1n) is 5.81. The summed E-state index contributed by atoms with van der Waals surface area (Å²) in [6.45, 7) is 3.48. The van der Waals surface area contributed by atoms with Crippen LogP contribution >= 0.6 is 0 Å². The Hall–Kier alpha value is -2.50. The van der Waals surface area contributed by atoms with Gasteiger partial charge in [-0.3, -0.25) is 4.79 Å². The van der Waals surface area contributed by atoms with Crippen LogP contribution in [0.5, 0.6) is 0 Å². The third-order valence-electron chi connectivity index (χ3n) is 2.48. The minimum Gasteiger partial charge on any atom is -0.462 e. The molecule has 0 atom stereocenters. The molecular weight excluding hydrogens is 246 g/mol. The summed E-state index contributed by atoms with van der Waals surface area (Å²) in [6.07, 6.45) is 4.44. The van der Waals surface area contributed by atoms with E-state index in [9.17, 15) is 9.59 Å². The molecule has 6 heteroatoms. The summed E-state index contributed by atoms with van der Waals surface area (Å²) in [5.41, 5.74) is 0.767. The Kier molecular flexibility index (Phi) is 3.70. The van der Waals surface area contributed by atoms with Gasteiger partial charge in [0.2, 0.25) is 0 Å². The van der Waals surface area contributed by atoms with Crippen LogP contribution in [0.2, 0.25) is 0 Å². The third kappa shape index (κ3) is 2.67. The van der Waals surface area contributed by atoms with Crippen molar-refractivity contribution in [3.05, 3.63) is 41.9 Å². The highest BCUT2D eigenvalue weighted by Gasteiger charge is 2.14. The van der Waals surface area contributed by atoms with Crippen LogP contribution in [0.3, 0.4) is 0 Å². The van der Waals surface area contributed by atoms with Crippen molar-refractivity contribution >= 4 is 11.8 Å². The largest absolute Gasteiger partial charge is 0.462 e. The summed E-state index contributed by atoms with van der Waals surface area (Å²) >= 11 is 0. The fourth-order valence-corrected chi connectivity index (χ4v) is 1.61. The monoisotopic (exact) mass is 259 g/mol. The number of esters is 1. The Labute approximate surface area is 110 Å². The average molecular weight is 259 g/mol. The number of hydrogen-bond acceptors (Lipinski definition) is 5. The van der Waals surface area contributed by atoms with Gasteiger partial charge in [0.1, 0.15) is 0 Å². The van der Waals surface area contributed by atoms with E-state index in [-0.39, 0.29) is 5.78 Å². The van der Waals surface area contributed by atoms with Crippen LogP contribution in [-0.4, -0.2) is 33.1 Å². The number of carbonyl (C=O) groups excluding carboxylic acids is 2. The molecule has 0 radical (unpaired) electrons. The summed E-state index contributed by atoms with van der Waals surface area (Å²) in [4.78, 5) is 27.2. The van der Waals surface area contributed by atoms with Crippen LogP contribution in [-0.2, 0) is 4.74 Å². The van der Waals surface area contributed by atoms with Gasteiger partial charge in [-0.25, -0.2) is 14.5 Å². The van der Waals surface area contributed by atoms with E-state index < -0.39 is 5.97 Å². The summed E-state index contributed by atoms with van der Waals surface area (Å²) in [6, 6.07) is 3.34. The number of carbonyl (C=O) groups is 2. The first-order valence-corrected chi connectivity index (χ1v) is 5.81. The first-order chi connectivity index (χ1) is 9.13. The smallest absolute Gasteiger partial charge is 0.341 e. The van der Waals surface area contributed by atoms with Gasteiger partial charge in [-0.1, -0.05) is 0 Å². The summed E-state index contributed by atoms with van der Waals surface area (Å²) < 4.78 is 6.27. The van der Waals surface area contributed by atoms with Crippen LogP contribution in [0.1, 0.15) is 34.6 Å².